The molecule has 0 aliphatic rings. The molecule has 2 radical (unpaired) electrons. The van der Waals surface area contributed by atoms with Crippen molar-refractivity contribution in [1.82, 2.24) is 0 Å². The van der Waals surface area contributed by atoms with Crippen LogP contribution in [0.4, 0.5) is 0 Å². The third kappa shape index (κ3) is 1.98. The van der Waals surface area contributed by atoms with Gasteiger partial charge in [0.2, 0.25) is 0 Å². The lowest BCUT2D eigenvalue weighted by atomic mass is 10.1. The Morgan fingerprint density at radius 1 is 1.36 bits per heavy atom. The smallest absolute Gasteiger partial charge is 0.440 e. The van der Waals surface area contributed by atoms with Gasteiger partial charge in [-0.15, -0.1) is 11.1 Å². The molecule has 0 fully saturated rings. The first-order valence-electron chi connectivity index (χ1n) is 3.34. The summed E-state index contributed by atoms with van der Waals surface area (Å²) in [6, 6.07) is 5.95. The molecule has 0 N–H and O–H groups in total. The van der Waals surface area contributed by atoms with E-state index in [4.69, 9.17) is 15.5 Å². The minimum Gasteiger partial charge on any atom is -0.527 e. The van der Waals surface area contributed by atoms with Gasteiger partial charge < -0.3 is 4.43 Å². The molecule has 1 aromatic rings. The molecule has 0 atom stereocenters. The molecule has 0 aliphatic carbocycles. The molecule has 0 unspecified atom stereocenters. The van der Waals surface area contributed by atoms with E-state index in [1.54, 1.807) is 0 Å². The van der Waals surface area contributed by atoms with E-state index in [1.807, 2.05) is 19.1 Å². The standard InChI is InChI=1S/C8H9ClOSi/c1-6-4-3-5-8(7(6)2)10-11-9/h3-5H,1-2H3. The number of hydrogen-bond acceptors (Lipinski definition) is 1. The molecule has 0 saturated carbocycles. The molecule has 0 aromatic heterocycles. The van der Waals surface area contributed by atoms with Crippen LogP contribution in [-0.4, -0.2) is 9.07 Å². The van der Waals surface area contributed by atoms with Gasteiger partial charge in [-0.05, 0) is 31.0 Å². The van der Waals surface area contributed by atoms with Crippen LogP contribution in [0.3, 0.4) is 0 Å². The van der Waals surface area contributed by atoms with Crippen molar-refractivity contribution in [3.63, 3.8) is 0 Å². The number of rotatable bonds is 2. The van der Waals surface area contributed by atoms with Crippen LogP contribution in [0.2, 0.25) is 0 Å². The zero-order valence-electron chi connectivity index (χ0n) is 6.52. The van der Waals surface area contributed by atoms with Gasteiger partial charge in [0.05, 0.1) is 0 Å². The number of benzene rings is 1. The quantitative estimate of drug-likeness (QED) is 0.507. The van der Waals surface area contributed by atoms with E-state index in [1.165, 1.54) is 11.1 Å². The van der Waals surface area contributed by atoms with E-state index < -0.39 is 0 Å². The minimum absolute atomic E-state index is 0.000185. The van der Waals surface area contributed by atoms with Crippen LogP contribution in [0.1, 0.15) is 11.1 Å². The van der Waals surface area contributed by atoms with Crippen LogP contribution >= 0.6 is 11.1 Å². The third-order valence-corrected chi connectivity index (χ3v) is 2.23. The summed E-state index contributed by atoms with van der Waals surface area (Å²) in [5.74, 6) is 0.887. The molecule has 3 heteroatoms. The van der Waals surface area contributed by atoms with E-state index in [9.17, 15) is 0 Å². The molecule has 0 saturated heterocycles. The summed E-state index contributed by atoms with van der Waals surface area (Å²) in [6.45, 7) is 4.08. The molecule has 0 bridgehead atoms. The summed E-state index contributed by atoms with van der Waals surface area (Å²) in [6.07, 6.45) is 0. The van der Waals surface area contributed by atoms with Crippen molar-refractivity contribution in [2.24, 2.45) is 0 Å². The maximum atomic E-state index is 5.47. The van der Waals surface area contributed by atoms with E-state index in [0.717, 1.165) is 5.75 Å². The Morgan fingerprint density at radius 2 is 2.09 bits per heavy atom. The molecule has 0 amide bonds. The lowest BCUT2D eigenvalue weighted by molar-refractivity contribution is 0.603. The van der Waals surface area contributed by atoms with E-state index in [0.29, 0.717) is 0 Å². The van der Waals surface area contributed by atoms with Crippen LogP contribution in [0.25, 0.3) is 0 Å². The van der Waals surface area contributed by atoms with Crippen molar-refractivity contribution < 1.29 is 4.43 Å². The Kier molecular flexibility index (Phi) is 2.97. The molecule has 1 rings (SSSR count). The highest BCUT2D eigenvalue weighted by molar-refractivity contribution is 6.90. The molecular formula is C8H9ClOSi. The monoisotopic (exact) mass is 184 g/mol. The molecule has 0 heterocycles. The maximum Gasteiger partial charge on any atom is 0.440 e. The molecule has 11 heavy (non-hydrogen) atoms. The maximum absolute atomic E-state index is 5.47. The predicted molar refractivity (Wildman–Crippen MR) is 48.2 cm³/mol. The fourth-order valence-corrected chi connectivity index (χ4v) is 1.43. The highest BCUT2D eigenvalue weighted by Gasteiger charge is 1.99. The summed E-state index contributed by atoms with van der Waals surface area (Å²) in [5.41, 5.74) is 2.40. The summed E-state index contributed by atoms with van der Waals surface area (Å²) in [4.78, 5) is 0. The summed E-state index contributed by atoms with van der Waals surface area (Å²) in [7, 11) is 0.000185. The average Bonchev–Trinajstić information content (AvgIpc) is 1.99. The molecule has 0 spiro atoms. The summed E-state index contributed by atoms with van der Waals surface area (Å²) < 4.78 is 5.21. The lowest BCUT2D eigenvalue weighted by Gasteiger charge is -2.06. The van der Waals surface area contributed by atoms with Crippen LogP contribution in [0.5, 0.6) is 5.75 Å². The van der Waals surface area contributed by atoms with Gasteiger partial charge in [0.25, 0.3) is 0 Å². The second-order valence-electron chi connectivity index (χ2n) is 2.38. The first-order valence-corrected chi connectivity index (χ1v) is 5.26. The topological polar surface area (TPSA) is 9.23 Å². The van der Waals surface area contributed by atoms with Crippen molar-refractivity contribution in [2.45, 2.75) is 13.8 Å². The van der Waals surface area contributed by atoms with Crippen molar-refractivity contribution >= 4 is 20.2 Å². The molecule has 58 valence electrons. The Labute approximate surface area is 74.0 Å². The van der Waals surface area contributed by atoms with Gasteiger partial charge in [-0.1, -0.05) is 12.1 Å². The SMILES string of the molecule is Cc1cccc(O[Si]Cl)c1C. The third-order valence-electron chi connectivity index (χ3n) is 1.70. The average molecular weight is 185 g/mol. The Bertz CT molecular complexity index is 250. The molecule has 1 nitrogen and oxygen atoms in total. The van der Waals surface area contributed by atoms with Gasteiger partial charge in [0, 0.05) is 0 Å². The Morgan fingerprint density at radius 3 is 2.73 bits per heavy atom. The van der Waals surface area contributed by atoms with Gasteiger partial charge in [-0.3, -0.25) is 0 Å². The lowest BCUT2D eigenvalue weighted by Crippen LogP contribution is -1.96. The van der Waals surface area contributed by atoms with Crippen molar-refractivity contribution in [3.8, 4) is 5.75 Å². The molecular weight excluding hydrogens is 176 g/mol. The fraction of sp³-hybridized carbons (Fsp3) is 0.250. The number of halogens is 1. The highest BCUT2D eigenvalue weighted by atomic mass is 35.6. The predicted octanol–water partition coefficient (Wildman–Crippen LogP) is 2.46. The normalized spacial score (nSPS) is 9.73. The Hall–Kier alpha value is -0.473. The molecule has 1 aromatic carbocycles. The van der Waals surface area contributed by atoms with E-state index in [2.05, 4.69) is 13.0 Å². The van der Waals surface area contributed by atoms with E-state index in [-0.39, 0.29) is 9.07 Å². The second-order valence-corrected chi connectivity index (χ2v) is 3.20. The van der Waals surface area contributed by atoms with Crippen molar-refractivity contribution in [1.29, 1.82) is 0 Å². The molecule has 0 aliphatic heterocycles. The van der Waals surface area contributed by atoms with Crippen LogP contribution in [-0.2, 0) is 0 Å². The minimum atomic E-state index is 0.000185. The summed E-state index contributed by atoms with van der Waals surface area (Å²) >= 11 is 5.47. The van der Waals surface area contributed by atoms with Gasteiger partial charge >= 0.3 is 9.07 Å². The van der Waals surface area contributed by atoms with Crippen LogP contribution < -0.4 is 4.43 Å². The van der Waals surface area contributed by atoms with E-state index >= 15 is 0 Å². The highest BCUT2D eigenvalue weighted by Crippen LogP contribution is 2.19. The number of hydrogen-bond donors (Lipinski definition) is 0. The number of aryl methyl sites for hydroxylation is 1. The summed E-state index contributed by atoms with van der Waals surface area (Å²) in [5, 5.41) is 0. The fourth-order valence-electron chi connectivity index (χ4n) is 0.876. The second kappa shape index (κ2) is 3.79. The van der Waals surface area contributed by atoms with Gasteiger partial charge in [-0.2, -0.15) is 0 Å². The van der Waals surface area contributed by atoms with Gasteiger partial charge in [0.1, 0.15) is 5.75 Å². The zero-order chi connectivity index (χ0) is 8.27. The van der Waals surface area contributed by atoms with Crippen LogP contribution in [0.15, 0.2) is 18.2 Å². The van der Waals surface area contributed by atoms with Crippen molar-refractivity contribution in [2.75, 3.05) is 0 Å². The van der Waals surface area contributed by atoms with Gasteiger partial charge in [-0.25, -0.2) is 0 Å². The van der Waals surface area contributed by atoms with Gasteiger partial charge in [0.15, 0.2) is 0 Å². The van der Waals surface area contributed by atoms with Crippen LogP contribution in [0, 0.1) is 13.8 Å². The zero-order valence-corrected chi connectivity index (χ0v) is 8.27. The first kappa shape index (κ1) is 8.62. The van der Waals surface area contributed by atoms with Crippen molar-refractivity contribution in [3.05, 3.63) is 29.3 Å². The Balaban J connectivity index is 2.96. The first-order chi connectivity index (χ1) is 5.25. The largest absolute Gasteiger partial charge is 0.527 e.